The average molecular weight is 451 g/mol. The minimum absolute atomic E-state index is 0.222. The number of para-hydroxylation sites is 2. The third-order valence-corrected chi connectivity index (χ3v) is 5.33. The predicted octanol–water partition coefficient (Wildman–Crippen LogP) is 5.49. The zero-order chi connectivity index (χ0) is 23.6. The molecule has 0 aliphatic carbocycles. The highest BCUT2D eigenvalue weighted by Gasteiger charge is 2.14. The molecule has 2 amide bonds. The first-order valence-electron chi connectivity index (χ1n) is 11.2. The molecule has 0 spiro atoms. The molecule has 0 aliphatic heterocycles. The van der Waals surface area contributed by atoms with Crippen LogP contribution in [0.3, 0.4) is 0 Å². The Morgan fingerprint density at radius 2 is 1.29 bits per heavy atom. The summed E-state index contributed by atoms with van der Waals surface area (Å²) < 4.78 is 5.75. The number of hydrogen-bond acceptors (Lipinski definition) is 3. The Hall–Kier alpha value is -4.38. The lowest BCUT2D eigenvalue weighted by atomic mass is 10.1. The van der Waals surface area contributed by atoms with Crippen LogP contribution in [-0.4, -0.2) is 18.4 Å². The van der Waals surface area contributed by atoms with Crippen molar-refractivity contribution in [2.45, 2.75) is 13.0 Å². The van der Waals surface area contributed by atoms with Gasteiger partial charge in [0.25, 0.3) is 11.8 Å². The van der Waals surface area contributed by atoms with Gasteiger partial charge in [0, 0.05) is 12.1 Å². The van der Waals surface area contributed by atoms with Gasteiger partial charge in [-0.1, -0.05) is 72.8 Å². The summed E-state index contributed by atoms with van der Waals surface area (Å²) in [7, 11) is 0. The molecule has 2 N–H and O–H groups in total. The highest BCUT2D eigenvalue weighted by Crippen LogP contribution is 2.17. The van der Waals surface area contributed by atoms with Crippen LogP contribution in [-0.2, 0) is 13.0 Å². The van der Waals surface area contributed by atoms with Gasteiger partial charge in [-0.15, -0.1) is 0 Å². The molecule has 4 rings (SSSR count). The summed E-state index contributed by atoms with van der Waals surface area (Å²) in [6.07, 6.45) is 0.738. The van der Waals surface area contributed by atoms with Crippen LogP contribution in [0.5, 0.6) is 5.75 Å². The van der Waals surface area contributed by atoms with Crippen molar-refractivity contribution < 1.29 is 14.3 Å². The number of anilines is 1. The van der Waals surface area contributed by atoms with Crippen LogP contribution in [0.15, 0.2) is 109 Å². The van der Waals surface area contributed by atoms with Crippen LogP contribution < -0.4 is 15.4 Å². The Morgan fingerprint density at radius 1 is 0.647 bits per heavy atom. The summed E-state index contributed by atoms with van der Waals surface area (Å²) in [5, 5.41) is 5.79. The number of amides is 2. The molecule has 0 saturated carbocycles. The molecule has 0 atom stereocenters. The maximum Gasteiger partial charge on any atom is 0.255 e. The van der Waals surface area contributed by atoms with E-state index in [1.807, 2.05) is 72.8 Å². The van der Waals surface area contributed by atoms with Crippen LogP contribution in [0.4, 0.5) is 5.69 Å². The largest absolute Gasteiger partial charge is 0.489 e. The van der Waals surface area contributed by atoms with Crippen LogP contribution >= 0.6 is 0 Å². The molecule has 5 heteroatoms. The molecule has 0 aliphatic rings. The number of ether oxygens (including phenoxy) is 1. The normalized spacial score (nSPS) is 10.4. The fraction of sp³-hybridized carbons (Fsp3) is 0.103. The number of rotatable bonds is 9. The Morgan fingerprint density at radius 3 is 2.03 bits per heavy atom. The molecule has 34 heavy (non-hydrogen) atoms. The topological polar surface area (TPSA) is 67.4 Å². The molecule has 0 bridgehead atoms. The first-order valence-corrected chi connectivity index (χ1v) is 11.2. The quantitative estimate of drug-likeness (QED) is 0.354. The van der Waals surface area contributed by atoms with E-state index in [4.69, 9.17) is 4.74 Å². The van der Waals surface area contributed by atoms with Crippen molar-refractivity contribution in [3.05, 3.63) is 131 Å². The average Bonchev–Trinajstić information content (AvgIpc) is 2.89. The molecule has 0 aromatic heterocycles. The van der Waals surface area contributed by atoms with Crippen molar-refractivity contribution in [1.29, 1.82) is 0 Å². The number of benzene rings is 4. The minimum atomic E-state index is -0.278. The second-order valence-corrected chi connectivity index (χ2v) is 7.79. The van der Waals surface area contributed by atoms with Crippen molar-refractivity contribution >= 4 is 17.5 Å². The summed E-state index contributed by atoms with van der Waals surface area (Å²) in [6, 6.07) is 33.8. The first kappa shape index (κ1) is 22.8. The third-order valence-electron chi connectivity index (χ3n) is 5.33. The fourth-order valence-electron chi connectivity index (χ4n) is 3.48. The Bertz CT molecular complexity index is 1220. The summed E-state index contributed by atoms with van der Waals surface area (Å²) in [6.45, 7) is 0.926. The molecular weight excluding hydrogens is 424 g/mol. The molecule has 170 valence electrons. The predicted molar refractivity (Wildman–Crippen MR) is 134 cm³/mol. The van der Waals surface area contributed by atoms with Crippen molar-refractivity contribution in [2.24, 2.45) is 0 Å². The van der Waals surface area contributed by atoms with E-state index in [1.165, 1.54) is 0 Å². The first-order chi connectivity index (χ1) is 16.7. The lowest BCUT2D eigenvalue weighted by Crippen LogP contribution is -2.27. The van der Waals surface area contributed by atoms with E-state index in [0.29, 0.717) is 30.0 Å². The number of nitrogens with one attached hydrogen (secondary N) is 2. The monoisotopic (exact) mass is 450 g/mol. The number of carbonyl (C=O) groups is 2. The molecule has 0 radical (unpaired) electrons. The van der Waals surface area contributed by atoms with E-state index in [2.05, 4.69) is 10.6 Å². The zero-order valence-electron chi connectivity index (χ0n) is 18.7. The van der Waals surface area contributed by atoms with E-state index in [1.54, 1.807) is 36.4 Å². The van der Waals surface area contributed by atoms with Gasteiger partial charge in [-0.2, -0.15) is 0 Å². The highest BCUT2D eigenvalue weighted by molar-refractivity contribution is 6.09. The minimum Gasteiger partial charge on any atom is -0.489 e. The van der Waals surface area contributed by atoms with Gasteiger partial charge in [-0.3, -0.25) is 9.59 Å². The summed E-state index contributed by atoms with van der Waals surface area (Å²) in [5.74, 6) is 0.295. The molecule has 0 saturated heterocycles. The lowest BCUT2D eigenvalue weighted by Gasteiger charge is -2.12. The van der Waals surface area contributed by atoms with Gasteiger partial charge in [-0.25, -0.2) is 0 Å². The number of carbonyl (C=O) groups excluding carboxylic acids is 2. The van der Waals surface area contributed by atoms with Crippen molar-refractivity contribution in [3.8, 4) is 5.75 Å². The van der Waals surface area contributed by atoms with Crippen LogP contribution in [0.1, 0.15) is 31.8 Å². The molecular formula is C29H26N2O3. The maximum atomic E-state index is 12.8. The van der Waals surface area contributed by atoms with Gasteiger partial charge < -0.3 is 15.4 Å². The van der Waals surface area contributed by atoms with E-state index >= 15 is 0 Å². The SMILES string of the molecule is O=C(Nc1ccccc1C(=O)NCCc1ccccc1)c1ccc(COc2ccccc2)cc1. The highest BCUT2D eigenvalue weighted by atomic mass is 16.5. The van der Waals surface area contributed by atoms with Gasteiger partial charge in [-0.05, 0) is 53.9 Å². The zero-order valence-corrected chi connectivity index (χ0v) is 18.7. The summed E-state index contributed by atoms with van der Waals surface area (Å²) in [4.78, 5) is 25.5. The van der Waals surface area contributed by atoms with Crippen molar-refractivity contribution in [3.63, 3.8) is 0 Å². The van der Waals surface area contributed by atoms with E-state index in [9.17, 15) is 9.59 Å². The lowest BCUT2D eigenvalue weighted by molar-refractivity contribution is 0.0955. The van der Waals surface area contributed by atoms with Crippen molar-refractivity contribution in [2.75, 3.05) is 11.9 Å². The third kappa shape index (κ3) is 6.33. The molecule has 0 fully saturated rings. The van der Waals surface area contributed by atoms with Gasteiger partial charge in [0.15, 0.2) is 0 Å². The van der Waals surface area contributed by atoms with Crippen molar-refractivity contribution in [1.82, 2.24) is 5.32 Å². The summed E-state index contributed by atoms with van der Waals surface area (Å²) in [5.41, 5.74) is 3.52. The summed E-state index contributed by atoms with van der Waals surface area (Å²) >= 11 is 0. The molecule has 4 aromatic rings. The second-order valence-electron chi connectivity index (χ2n) is 7.79. The van der Waals surface area contributed by atoms with Crippen LogP contribution in [0, 0.1) is 0 Å². The molecule has 0 unspecified atom stereocenters. The van der Waals surface area contributed by atoms with Gasteiger partial charge >= 0.3 is 0 Å². The second kappa shape index (κ2) is 11.5. The van der Waals surface area contributed by atoms with Crippen LogP contribution in [0.25, 0.3) is 0 Å². The molecule has 4 aromatic carbocycles. The van der Waals surface area contributed by atoms with E-state index in [-0.39, 0.29) is 11.8 Å². The van der Waals surface area contributed by atoms with Gasteiger partial charge in [0.05, 0.1) is 11.3 Å². The smallest absolute Gasteiger partial charge is 0.255 e. The number of hydrogen-bond donors (Lipinski definition) is 2. The molecule has 0 heterocycles. The van der Waals surface area contributed by atoms with Gasteiger partial charge in [0.1, 0.15) is 12.4 Å². The van der Waals surface area contributed by atoms with Crippen LogP contribution in [0.2, 0.25) is 0 Å². The van der Waals surface area contributed by atoms with E-state index in [0.717, 1.165) is 23.3 Å². The van der Waals surface area contributed by atoms with E-state index < -0.39 is 0 Å². The maximum absolute atomic E-state index is 12.8. The Kier molecular flexibility index (Phi) is 7.70. The Labute approximate surface area is 199 Å². The van der Waals surface area contributed by atoms with Gasteiger partial charge in [0.2, 0.25) is 0 Å². The fourth-order valence-corrected chi connectivity index (χ4v) is 3.48. The molecule has 5 nitrogen and oxygen atoms in total. The standard InChI is InChI=1S/C29H26N2O3/c32-28(24-17-15-23(16-18-24)21-34-25-11-5-2-6-12-25)31-27-14-8-7-13-26(27)29(33)30-20-19-22-9-3-1-4-10-22/h1-18H,19-21H2,(H,30,33)(H,31,32). The Balaban J connectivity index is 1.34.